The van der Waals surface area contributed by atoms with Crippen LogP contribution in [0.3, 0.4) is 0 Å². The average Bonchev–Trinajstić information content (AvgIpc) is 2.95. The molecule has 0 saturated heterocycles. The van der Waals surface area contributed by atoms with Crippen LogP contribution in [0.4, 0.5) is 10.8 Å². The van der Waals surface area contributed by atoms with Gasteiger partial charge in [0.25, 0.3) is 0 Å². The van der Waals surface area contributed by atoms with Crippen molar-refractivity contribution in [3.05, 3.63) is 35.3 Å². The second kappa shape index (κ2) is 8.50. The van der Waals surface area contributed by atoms with Gasteiger partial charge in [0, 0.05) is 5.69 Å². The Kier molecular flexibility index (Phi) is 6.35. The van der Waals surface area contributed by atoms with Crippen molar-refractivity contribution in [2.75, 3.05) is 22.1 Å². The fourth-order valence-electron chi connectivity index (χ4n) is 1.56. The van der Waals surface area contributed by atoms with Crippen LogP contribution in [0.5, 0.6) is 0 Å². The molecule has 8 heteroatoms. The van der Waals surface area contributed by atoms with E-state index in [1.165, 1.54) is 23.1 Å². The fourth-order valence-corrected chi connectivity index (χ4v) is 2.87. The maximum atomic E-state index is 11.7. The maximum Gasteiger partial charge on any atom is 0.236 e. The van der Waals surface area contributed by atoms with E-state index in [9.17, 15) is 9.59 Å². The first-order valence-electron chi connectivity index (χ1n) is 6.72. The molecule has 0 radical (unpaired) electrons. The Labute approximate surface area is 136 Å². The smallest absolute Gasteiger partial charge is 0.236 e. The zero-order chi connectivity index (χ0) is 15.8. The lowest BCUT2D eigenvalue weighted by Gasteiger charge is -2.04. The Bertz CT molecular complexity index is 631. The third-order valence-corrected chi connectivity index (χ3v) is 4.46. The summed E-state index contributed by atoms with van der Waals surface area (Å²) < 4.78 is 0. The van der Waals surface area contributed by atoms with E-state index in [4.69, 9.17) is 0 Å². The molecular weight excluding hydrogens is 320 g/mol. The van der Waals surface area contributed by atoms with Crippen LogP contribution in [-0.2, 0) is 16.0 Å². The van der Waals surface area contributed by atoms with E-state index in [1.807, 2.05) is 37.3 Å². The minimum Gasteiger partial charge on any atom is -0.325 e. The monoisotopic (exact) mass is 336 g/mol. The van der Waals surface area contributed by atoms with Gasteiger partial charge in [-0.1, -0.05) is 36.5 Å². The number of aromatic nitrogens is 2. The number of hydrogen-bond acceptors (Lipinski definition) is 6. The van der Waals surface area contributed by atoms with E-state index >= 15 is 0 Å². The Morgan fingerprint density at radius 3 is 2.41 bits per heavy atom. The van der Waals surface area contributed by atoms with Gasteiger partial charge in [-0.05, 0) is 18.6 Å². The van der Waals surface area contributed by atoms with Crippen molar-refractivity contribution < 1.29 is 9.59 Å². The topological polar surface area (TPSA) is 84.0 Å². The molecule has 0 bridgehead atoms. The van der Waals surface area contributed by atoms with Gasteiger partial charge >= 0.3 is 0 Å². The van der Waals surface area contributed by atoms with E-state index in [2.05, 4.69) is 20.8 Å². The maximum absolute atomic E-state index is 11.7. The quantitative estimate of drug-likeness (QED) is 0.811. The van der Waals surface area contributed by atoms with Crippen LogP contribution >= 0.6 is 23.1 Å². The van der Waals surface area contributed by atoms with E-state index in [1.54, 1.807) is 0 Å². The van der Waals surface area contributed by atoms with Gasteiger partial charge < -0.3 is 5.32 Å². The molecule has 0 aliphatic carbocycles. The Morgan fingerprint density at radius 2 is 1.77 bits per heavy atom. The SMILES string of the molecule is CCc1nnc(NC(=O)CSCC(=O)Nc2ccccc2)s1. The first kappa shape index (κ1) is 16.4. The normalized spacial score (nSPS) is 10.2. The van der Waals surface area contributed by atoms with E-state index in [-0.39, 0.29) is 23.3 Å². The molecule has 0 saturated carbocycles. The molecule has 1 aromatic carbocycles. The summed E-state index contributed by atoms with van der Waals surface area (Å²) in [6.07, 6.45) is 0.794. The molecule has 2 rings (SSSR count). The van der Waals surface area contributed by atoms with Gasteiger partial charge in [0.15, 0.2) is 0 Å². The summed E-state index contributed by atoms with van der Waals surface area (Å²) >= 11 is 2.61. The lowest BCUT2D eigenvalue weighted by Crippen LogP contribution is -2.18. The summed E-state index contributed by atoms with van der Waals surface area (Å²) in [7, 11) is 0. The van der Waals surface area contributed by atoms with Crippen LogP contribution in [0.15, 0.2) is 30.3 Å². The highest BCUT2D eigenvalue weighted by atomic mass is 32.2. The van der Waals surface area contributed by atoms with Gasteiger partial charge in [-0.15, -0.1) is 22.0 Å². The van der Waals surface area contributed by atoms with Gasteiger partial charge in [-0.3, -0.25) is 14.9 Å². The molecular formula is C14H16N4O2S2. The van der Waals surface area contributed by atoms with Crippen molar-refractivity contribution in [3.8, 4) is 0 Å². The summed E-state index contributed by atoms with van der Waals surface area (Å²) in [5.74, 6) is 0.103. The molecule has 2 amide bonds. The van der Waals surface area contributed by atoms with Gasteiger partial charge in [0.1, 0.15) is 5.01 Å². The number of para-hydroxylation sites is 1. The molecule has 0 aliphatic heterocycles. The van der Waals surface area contributed by atoms with Crippen molar-refractivity contribution in [1.82, 2.24) is 10.2 Å². The Hall–Kier alpha value is -1.93. The number of anilines is 2. The van der Waals surface area contributed by atoms with Crippen LogP contribution in [-0.4, -0.2) is 33.5 Å². The third-order valence-electron chi connectivity index (χ3n) is 2.54. The predicted molar refractivity (Wildman–Crippen MR) is 90.3 cm³/mol. The van der Waals surface area contributed by atoms with E-state index in [0.29, 0.717) is 5.13 Å². The molecule has 2 N–H and O–H groups in total. The number of nitrogens with zero attached hydrogens (tertiary/aromatic N) is 2. The fraction of sp³-hybridized carbons (Fsp3) is 0.286. The zero-order valence-electron chi connectivity index (χ0n) is 12.0. The number of rotatable bonds is 7. The molecule has 1 aromatic heterocycles. The van der Waals surface area contributed by atoms with Gasteiger partial charge in [0.2, 0.25) is 16.9 Å². The average molecular weight is 336 g/mol. The summed E-state index contributed by atoms with van der Waals surface area (Å²) in [5, 5.41) is 14.6. The summed E-state index contributed by atoms with van der Waals surface area (Å²) in [6, 6.07) is 9.21. The highest BCUT2D eigenvalue weighted by Gasteiger charge is 2.09. The summed E-state index contributed by atoms with van der Waals surface area (Å²) in [6.45, 7) is 1.98. The Morgan fingerprint density at radius 1 is 1.09 bits per heavy atom. The van der Waals surface area contributed by atoms with Crippen LogP contribution in [0.1, 0.15) is 11.9 Å². The number of aryl methyl sites for hydroxylation is 1. The first-order valence-corrected chi connectivity index (χ1v) is 8.69. The molecule has 0 aliphatic rings. The van der Waals surface area contributed by atoms with Crippen LogP contribution in [0.25, 0.3) is 0 Å². The lowest BCUT2D eigenvalue weighted by molar-refractivity contribution is -0.114. The minimum atomic E-state index is -0.184. The second-order valence-corrected chi connectivity index (χ2v) is 6.36. The van der Waals surface area contributed by atoms with Crippen LogP contribution in [0.2, 0.25) is 0 Å². The van der Waals surface area contributed by atoms with Crippen LogP contribution < -0.4 is 10.6 Å². The number of carbonyl (C=O) groups is 2. The second-order valence-electron chi connectivity index (χ2n) is 4.31. The Balaban J connectivity index is 1.67. The molecule has 2 aromatic rings. The van der Waals surface area contributed by atoms with Crippen molar-refractivity contribution in [1.29, 1.82) is 0 Å². The molecule has 22 heavy (non-hydrogen) atoms. The van der Waals surface area contributed by atoms with Crippen LogP contribution in [0, 0.1) is 0 Å². The minimum absolute atomic E-state index is 0.131. The molecule has 0 spiro atoms. The molecule has 0 unspecified atom stereocenters. The van der Waals surface area contributed by atoms with Gasteiger partial charge in [-0.2, -0.15) is 0 Å². The number of nitrogens with one attached hydrogen (secondary N) is 2. The molecule has 0 atom stereocenters. The number of amides is 2. The first-order chi connectivity index (χ1) is 10.7. The van der Waals surface area contributed by atoms with Crippen molar-refractivity contribution >= 4 is 45.7 Å². The number of thioether (sulfide) groups is 1. The van der Waals surface area contributed by atoms with Crippen molar-refractivity contribution in [3.63, 3.8) is 0 Å². The lowest BCUT2D eigenvalue weighted by atomic mass is 10.3. The highest BCUT2D eigenvalue weighted by Crippen LogP contribution is 2.15. The summed E-state index contributed by atoms with van der Waals surface area (Å²) in [5.41, 5.74) is 0.749. The number of hydrogen-bond donors (Lipinski definition) is 2. The highest BCUT2D eigenvalue weighted by molar-refractivity contribution is 8.00. The molecule has 116 valence electrons. The van der Waals surface area contributed by atoms with E-state index < -0.39 is 0 Å². The predicted octanol–water partition coefficient (Wildman–Crippen LogP) is 2.41. The number of benzene rings is 1. The standard InChI is InChI=1S/C14H16N4O2S2/c1-2-13-17-18-14(22-13)16-12(20)9-21-8-11(19)15-10-6-4-3-5-7-10/h3-7H,2,8-9H2,1H3,(H,15,19)(H,16,18,20). The molecule has 0 fully saturated rings. The van der Waals surface area contributed by atoms with Crippen molar-refractivity contribution in [2.45, 2.75) is 13.3 Å². The van der Waals surface area contributed by atoms with Gasteiger partial charge in [-0.25, -0.2) is 0 Å². The third kappa shape index (κ3) is 5.45. The van der Waals surface area contributed by atoms with Gasteiger partial charge in [0.05, 0.1) is 11.5 Å². The van der Waals surface area contributed by atoms with E-state index in [0.717, 1.165) is 17.1 Å². The zero-order valence-corrected chi connectivity index (χ0v) is 13.7. The van der Waals surface area contributed by atoms with Crippen molar-refractivity contribution in [2.24, 2.45) is 0 Å². The molecule has 6 nitrogen and oxygen atoms in total. The molecule has 1 heterocycles. The summed E-state index contributed by atoms with van der Waals surface area (Å²) in [4.78, 5) is 23.4. The number of carbonyl (C=O) groups excluding carboxylic acids is 2. The largest absolute Gasteiger partial charge is 0.325 e.